The van der Waals surface area contributed by atoms with E-state index < -0.39 is 11.7 Å². The summed E-state index contributed by atoms with van der Waals surface area (Å²) in [5.41, 5.74) is 2.41. The molecule has 1 aliphatic rings. The highest BCUT2D eigenvalue weighted by Crippen LogP contribution is 2.26. The van der Waals surface area contributed by atoms with Crippen LogP contribution in [0.5, 0.6) is 0 Å². The van der Waals surface area contributed by atoms with Crippen LogP contribution < -0.4 is 10.6 Å². The molecule has 4 heterocycles. The fourth-order valence-corrected chi connectivity index (χ4v) is 5.21. The van der Waals surface area contributed by atoms with E-state index in [0.717, 1.165) is 29.3 Å². The molecule has 222 valence electrons. The Hall–Kier alpha value is -3.90. The van der Waals surface area contributed by atoms with Crippen molar-refractivity contribution in [1.82, 2.24) is 29.1 Å². The average Bonchev–Trinajstić information content (AvgIpc) is 3.66. The van der Waals surface area contributed by atoms with Crippen LogP contribution in [0.2, 0.25) is 0 Å². The minimum absolute atomic E-state index is 0.00797. The normalized spacial score (nSPS) is 13.8. The van der Waals surface area contributed by atoms with Gasteiger partial charge in [-0.05, 0) is 63.2 Å². The highest BCUT2D eigenvalue weighted by Gasteiger charge is 2.22. The van der Waals surface area contributed by atoms with E-state index in [1.54, 1.807) is 6.20 Å². The highest BCUT2D eigenvalue weighted by atomic mass is 32.2. The first-order valence-electron chi connectivity index (χ1n) is 14.2. The van der Waals surface area contributed by atoms with Gasteiger partial charge in [0.05, 0.1) is 17.5 Å². The number of rotatable bonds is 11. The molecule has 0 bridgehead atoms. The van der Waals surface area contributed by atoms with Crippen LogP contribution in [-0.2, 0) is 6.42 Å². The van der Waals surface area contributed by atoms with Crippen molar-refractivity contribution in [1.29, 1.82) is 5.41 Å². The molecule has 1 aromatic carbocycles. The fraction of sp³-hybridized carbons (Fsp3) is 0.367. The van der Waals surface area contributed by atoms with Gasteiger partial charge >= 0.3 is 0 Å². The molecule has 0 aliphatic carbocycles. The van der Waals surface area contributed by atoms with Crippen molar-refractivity contribution in [2.45, 2.75) is 46.1 Å². The molecule has 3 N–H and O–H groups in total. The summed E-state index contributed by atoms with van der Waals surface area (Å²) in [6.07, 6.45) is 7.28. The third-order valence-corrected chi connectivity index (χ3v) is 7.28. The number of likely N-dealkylation sites (tertiary alicyclic amines) is 1. The lowest BCUT2D eigenvalue weighted by Crippen LogP contribution is -2.34. The molecule has 9 nitrogen and oxygen atoms in total. The number of benzene rings is 1. The van der Waals surface area contributed by atoms with Crippen molar-refractivity contribution in [3.8, 4) is 0 Å². The van der Waals surface area contributed by atoms with Gasteiger partial charge in [0.1, 0.15) is 17.0 Å². The van der Waals surface area contributed by atoms with E-state index in [1.165, 1.54) is 43.4 Å². The second-order valence-corrected chi connectivity index (χ2v) is 10.3. The number of carbonyl (C=O) groups excluding carboxylic acids is 1. The van der Waals surface area contributed by atoms with E-state index in [-0.39, 0.29) is 46.5 Å². The number of nitrogens with one attached hydrogen (secondary N) is 3. The summed E-state index contributed by atoms with van der Waals surface area (Å²) in [6, 6.07) is 9.51. The Bertz CT molecular complexity index is 1510. The van der Waals surface area contributed by atoms with Crippen LogP contribution >= 0.6 is 12.3 Å². The van der Waals surface area contributed by atoms with Gasteiger partial charge in [0.2, 0.25) is 0 Å². The standard InChI is InChI=1S/C28H30F2N8OS.C2H6/c1-18(14-20-6-2-3-9-32-20)35-28(39)22-17-38(40-30)27-26(22)36-24(16-34-27)25(31)21-8-7-19(29)15-23(21)33-10-13-37-11-4-5-12-37;1-2/h2-3,6-9,15-18,31,33H,4-5,10-14H2,1H3,(H,35,39);1-2H3. The molecule has 42 heavy (non-hydrogen) atoms. The number of carbonyl (C=O) groups is 1. The molecule has 0 radical (unpaired) electrons. The van der Waals surface area contributed by atoms with Gasteiger partial charge in [0.25, 0.3) is 5.91 Å². The Balaban J connectivity index is 0.00000198. The topological polar surface area (TPSA) is 112 Å². The summed E-state index contributed by atoms with van der Waals surface area (Å²) in [5, 5.41) is 15.0. The minimum atomic E-state index is -0.440. The molecule has 1 aliphatic heterocycles. The number of aromatic nitrogens is 4. The number of anilines is 1. The van der Waals surface area contributed by atoms with Crippen LogP contribution in [0.25, 0.3) is 11.2 Å². The Labute approximate surface area is 249 Å². The summed E-state index contributed by atoms with van der Waals surface area (Å²) >= 11 is -0.0930. The molecule has 5 rings (SSSR count). The Kier molecular flexibility index (Phi) is 11.0. The summed E-state index contributed by atoms with van der Waals surface area (Å²) in [7, 11) is 0. The van der Waals surface area contributed by atoms with E-state index in [4.69, 9.17) is 5.41 Å². The number of nitrogens with zero attached hydrogens (tertiary/aromatic N) is 5. The maximum atomic E-state index is 14.1. The number of amides is 1. The van der Waals surface area contributed by atoms with E-state index in [9.17, 15) is 13.1 Å². The maximum Gasteiger partial charge on any atom is 0.255 e. The van der Waals surface area contributed by atoms with Gasteiger partial charge in [-0.15, -0.1) is 3.89 Å². The molecule has 0 spiro atoms. The van der Waals surface area contributed by atoms with Crippen molar-refractivity contribution in [3.05, 3.63) is 83.3 Å². The zero-order valence-corrected chi connectivity index (χ0v) is 24.8. The van der Waals surface area contributed by atoms with Gasteiger partial charge in [0, 0.05) is 54.9 Å². The largest absolute Gasteiger partial charge is 0.383 e. The first-order chi connectivity index (χ1) is 20.4. The first kappa shape index (κ1) is 31.0. The van der Waals surface area contributed by atoms with Crippen molar-refractivity contribution >= 4 is 40.8 Å². The fourth-order valence-electron chi connectivity index (χ4n) is 4.86. The second kappa shape index (κ2) is 14.8. The van der Waals surface area contributed by atoms with Crippen molar-refractivity contribution < 1.29 is 13.1 Å². The lowest BCUT2D eigenvalue weighted by Gasteiger charge is -2.17. The Morgan fingerprint density at radius 1 is 1.14 bits per heavy atom. The van der Waals surface area contributed by atoms with E-state index in [1.807, 2.05) is 39.0 Å². The van der Waals surface area contributed by atoms with Gasteiger partial charge in [-0.1, -0.05) is 19.9 Å². The Morgan fingerprint density at radius 3 is 2.64 bits per heavy atom. The van der Waals surface area contributed by atoms with Crippen molar-refractivity contribution in [2.24, 2.45) is 0 Å². The molecule has 1 saturated heterocycles. The molecular formula is C30H36F2N8OS. The van der Waals surface area contributed by atoms with Gasteiger partial charge in [-0.25, -0.2) is 18.3 Å². The third kappa shape index (κ3) is 7.48. The van der Waals surface area contributed by atoms with Crippen molar-refractivity contribution in [2.75, 3.05) is 31.5 Å². The summed E-state index contributed by atoms with van der Waals surface area (Å²) in [4.78, 5) is 28.7. The number of hydrogen-bond donors (Lipinski definition) is 3. The van der Waals surface area contributed by atoms with Crippen LogP contribution in [-0.4, -0.2) is 67.7 Å². The first-order valence-corrected chi connectivity index (χ1v) is 14.8. The molecule has 3 aromatic heterocycles. The predicted octanol–water partition coefficient (Wildman–Crippen LogP) is 5.66. The number of halogens is 2. The molecule has 1 amide bonds. The monoisotopic (exact) mass is 594 g/mol. The summed E-state index contributed by atoms with van der Waals surface area (Å²) in [5.74, 6) is -0.858. The summed E-state index contributed by atoms with van der Waals surface area (Å²) < 4.78 is 29.0. The van der Waals surface area contributed by atoms with Gasteiger partial charge < -0.3 is 15.5 Å². The van der Waals surface area contributed by atoms with Crippen LogP contribution in [0, 0.1) is 11.2 Å². The lowest BCUT2D eigenvalue weighted by atomic mass is 10.0. The van der Waals surface area contributed by atoms with E-state index in [0.29, 0.717) is 24.2 Å². The SMILES string of the molecule is CC.CC(Cc1ccccn1)NC(=O)c1cn(SF)c2ncc(C(=N)c3ccc(F)cc3NCCN3CCCC3)nc12. The lowest BCUT2D eigenvalue weighted by molar-refractivity contribution is 0.0941. The molecule has 1 unspecified atom stereocenters. The van der Waals surface area contributed by atoms with Crippen LogP contribution in [0.15, 0.2) is 55.0 Å². The number of fused-ring (bicyclic) bond motifs is 1. The Morgan fingerprint density at radius 2 is 1.93 bits per heavy atom. The predicted molar refractivity (Wildman–Crippen MR) is 164 cm³/mol. The molecule has 1 atom stereocenters. The molecule has 1 fully saturated rings. The summed E-state index contributed by atoms with van der Waals surface area (Å²) in [6.45, 7) is 9.39. The zero-order valence-electron chi connectivity index (χ0n) is 24.0. The average molecular weight is 595 g/mol. The molecule has 12 heteroatoms. The van der Waals surface area contributed by atoms with Gasteiger partial charge in [-0.2, -0.15) is 0 Å². The second-order valence-electron chi connectivity index (χ2n) is 9.81. The van der Waals surface area contributed by atoms with E-state index in [2.05, 4.69) is 30.5 Å². The third-order valence-electron chi connectivity index (χ3n) is 6.85. The van der Waals surface area contributed by atoms with Gasteiger partial charge in [0.15, 0.2) is 18.0 Å². The highest BCUT2D eigenvalue weighted by molar-refractivity contribution is 7.92. The smallest absolute Gasteiger partial charge is 0.255 e. The number of hydrogen-bond acceptors (Lipinski definition) is 8. The van der Waals surface area contributed by atoms with Crippen molar-refractivity contribution in [3.63, 3.8) is 0 Å². The zero-order chi connectivity index (χ0) is 30.1. The van der Waals surface area contributed by atoms with E-state index >= 15 is 0 Å². The van der Waals surface area contributed by atoms with Crippen LogP contribution in [0.1, 0.15) is 60.9 Å². The molecular weight excluding hydrogens is 558 g/mol. The quantitative estimate of drug-likeness (QED) is 0.192. The number of pyridine rings is 1. The molecule has 4 aromatic rings. The maximum absolute atomic E-state index is 14.1. The van der Waals surface area contributed by atoms with Crippen LogP contribution in [0.4, 0.5) is 14.0 Å². The minimum Gasteiger partial charge on any atom is -0.383 e. The van der Waals surface area contributed by atoms with Crippen LogP contribution in [0.3, 0.4) is 0 Å². The molecule has 0 saturated carbocycles. The van der Waals surface area contributed by atoms with Gasteiger partial charge in [-0.3, -0.25) is 15.2 Å².